The van der Waals surface area contributed by atoms with Gasteiger partial charge in [0.2, 0.25) is 0 Å². The molecule has 0 saturated carbocycles. The van der Waals surface area contributed by atoms with Crippen molar-refractivity contribution in [2.45, 2.75) is 25.4 Å². The summed E-state index contributed by atoms with van der Waals surface area (Å²) in [5.41, 5.74) is 0. The Balaban J connectivity index is 2.28. The molecule has 0 amide bonds. The Morgan fingerprint density at radius 2 is 2.08 bits per heavy atom. The van der Waals surface area contributed by atoms with Crippen molar-refractivity contribution in [3.8, 4) is 0 Å². The van der Waals surface area contributed by atoms with E-state index >= 15 is 0 Å². The molecule has 5 heteroatoms. The standard InChI is InChI=1S/C8H12O5/c9-7(10)2-1-5(8(11)12)3-6-4-13-6/h5-6H,1-4H2,(H,9,10)(H,11,12). The first-order chi connectivity index (χ1) is 6.09. The Labute approximate surface area is 75.3 Å². The predicted octanol–water partition coefficient (Wildman–Crippen LogP) is 0.341. The molecule has 1 aliphatic rings. The van der Waals surface area contributed by atoms with E-state index in [0.29, 0.717) is 13.0 Å². The Morgan fingerprint density at radius 1 is 1.46 bits per heavy atom. The van der Waals surface area contributed by atoms with Gasteiger partial charge in [-0.15, -0.1) is 0 Å². The number of ether oxygens (including phenoxy) is 1. The van der Waals surface area contributed by atoms with E-state index in [1.165, 1.54) is 0 Å². The zero-order valence-electron chi connectivity index (χ0n) is 7.10. The summed E-state index contributed by atoms with van der Waals surface area (Å²) in [6.45, 7) is 0.608. The van der Waals surface area contributed by atoms with Crippen LogP contribution in [0.25, 0.3) is 0 Å². The highest BCUT2D eigenvalue weighted by atomic mass is 16.6. The van der Waals surface area contributed by atoms with Gasteiger partial charge in [0.15, 0.2) is 0 Å². The quantitative estimate of drug-likeness (QED) is 0.587. The van der Waals surface area contributed by atoms with Crippen molar-refractivity contribution in [1.82, 2.24) is 0 Å². The molecule has 0 aromatic heterocycles. The highest BCUT2D eigenvalue weighted by Gasteiger charge is 2.30. The molecule has 0 aromatic carbocycles. The first kappa shape index (κ1) is 9.98. The Morgan fingerprint density at radius 3 is 2.46 bits per heavy atom. The Hall–Kier alpha value is -1.10. The maximum Gasteiger partial charge on any atom is 0.306 e. The lowest BCUT2D eigenvalue weighted by atomic mass is 9.98. The molecule has 1 fully saturated rings. The fourth-order valence-electron chi connectivity index (χ4n) is 1.16. The summed E-state index contributed by atoms with van der Waals surface area (Å²) in [5, 5.41) is 17.1. The van der Waals surface area contributed by atoms with Gasteiger partial charge < -0.3 is 14.9 Å². The number of hydrogen-bond donors (Lipinski definition) is 2. The topological polar surface area (TPSA) is 87.1 Å². The minimum absolute atomic E-state index is 0.0369. The number of carboxylic acids is 2. The Bertz CT molecular complexity index is 209. The van der Waals surface area contributed by atoms with Crippen LogP contribution < -0.4 is 0 Å². The van der Waals surface area contributed by atoms with Gasteiger partial charge in [-0.05, 0) is 12.8 Å². The molecule has 2 N–H and O–H groups in total. The van der Waals surface area contributed by atoms with E-state index in [-0.39, 0.29) is 18.9 Å². The van der Waals surface area contributed by atoms with Crippen LogP contribution in [-0.4, -0.2) is 34.9 Å². The van der Waals surface area contributed by atoms with Gasteiger partial charge in [-0.1, -0.05) is 0 Å². The average molecular weight is 188 g/mol. The number of epoxide rings is 1. The minimum atomic E-state index is -0.956. The lowest BCUT2D eigenvalue weighted by Gasteiger charge is -2.08. The molecule has 1 saturated heterocycles. The number of carboxylic acid groups (broad SMARTS) is 2. The monoisotopic (exact) mass is 188 g/mol. The second-order valence-electron chi connectivity index (χ2n) is 3.16. The van der Waals surface area contributed by atoms with Gasteiger partial charge in [0.1, 0.15) is 0 Å². The van der Waals surface area contributed by atoms with Crippen molar-refractivity contribution < 1.29 is 24.5 Å². The van der Waals surface area contributed by atoms with E-state index in [9.17, 15) is 9.59 Å². The van der Waals surface area contributed by atoms with E-state index in [0.717, 1.165) is 0 Å². The smallest absolute Gasteiger partial charge is 0.306 e. The molecule has 0 aliphatic carbocycles. The maximum absolute atomic E-state index is 10.6. The summed E-state index contributed by atoms with van der Waals surface area (Å²) in [4.78, 5) is 20.8. The molecule has 2 atom stereocenters. The van der Waals surface area contributed by atoms with E-state index in [4.69, 9.17) is 14.9 Å². The van der Waals surface area contributed by atoms with Crippen LogP contribution in [0, 0.1) is 5.92 Å². The molecule has 1 heterocycles. The van der Waals surface area contributed by atoms with Gasteiger partial charge in [-0.2, -0.15) is 0 Å². The summed E-state index contributed by atoms with van der Waals surface area (Å²) in [6.07, 6.45) is 0.562. The van der Waals surface area contributed by atoms with E-state index in [2.05, 4.69) is 0 Å². The third-order valence-corrected chi connectivity index (χ3v) is 2.01. The number of aliphatic carboxylic acids is 2. The van der Waals surface area contributed by atoms with Crippen molar-refractivity contribution in [1.29, 1.82) is 0 Å². The zero-order chi connectivity index (χ0) is 9.84. The van der Waals surface area contributed by atoms with E-state index in [1.54, 1.807) is 0 Å². The van der Waals surface area contributed by atoms with Crippen LogP contribution in [0.5, 0.6) is 0 Å². The highest BCUT2D eigenvalue weighted by Crippen LogP contribution is 2.22. The SMILES string of the molecule is O=C(O)CCC(CC1CO1)C(=O)O. The molecular formula is C8H12O5. The first-order valence-corrected chi connectivity index (χ1v) is 4.16. The van der Waals surface area contributed by atoms with Crippen LogP contribution in [0.4, 0.5) is 0 Å². The summed E-state index contributed by atoms with van der Waals surface area (Å²) in [6, 6.07) is 0. The first-order valence-electron chi connectivity index (χ1n) is 4.16. The van der Waals surface area contributed by atoms with Crippen molar-refractivity contribution >= 4 is 11.9 Å². The predicted molar refractivity (Wildman–Crippen MR) is 42.4 cm³/mol. The highest BCUT2D eigenvalue weighted by molar-refractivity contribution is 5.72. The second kappa shape index (κ2) is 4.23. The van der Waals surface area contributed by atoms with Gasteiger partial charge in [0, 0.05) is 6.42 Å². The number of carbonyl (C=O) groups is 2. The van der Waals surface area contributed by atoms with E-state index < -0.39 is 17.9 Å². The third-order valence-electron chi connectivity index (χ3n) is 2.01. The van der Waals surface area contributed by atoms with Gasteiger partial charge in [-0.25, -0.2) is 0 Å². The number of hydrogen-bond acceptors (Lipinski definition) is 3. The Kier molecular flexibility index (Phi) is 3.25. The van der Waals surface area contributed by atoms with Crippen LogP contribution in [0.3, 0.4) is 0 Å². The summed E-state index contributed by atoms with van der Waals surface area (Å²) < 4.78 is 4.89. The lowest BCUT2D eigenvalue weighted by Crippen LogP contribution is -2.17. The zero-order valence-corrected chi connectivity index (χ0v) is 7.10. The summed E-state index contributed by atoms with van der Waals surface area (Å²) >= 11 is 0. The molecule has 0 bridgehead atoms. The van der Waals surface area contributed by atoms with Crippen LogP contribution in [0.2, 0.25) is 0 Å². The largest absolute Gasteiger partial charge is 0.481 e. The molecule has 0 spiro atoms. The molecule has 5 nitrogen and oxygen atoms in total. The number of rotatable bonds is 6. The van der Waals surface area contributed by atoms with Crippen molar-refractivity contribution in [3.63, 3.8) is 0 Å². The molecule has 1 aliphatic heterocycles. The van der Waals surface area contributed by atoms with Crippen molar-refractivity contribution in [3.05, 3.63) is 0 Å². The molecular weight excluding hydrogens is 176 g/mol. The molecule has 2 unspecified atom stereocenters. The molecule has 1 rings (SSSR count). The van der Waals surface area contributed by atoms with Gasteiger partial charge in [0.05, 0.1) is 18.6 Å². The van der Waals surface area contributed by atoms with E-state index in [1.807, 2.05) is 0 Å². The van der Waals surface area contributed by atoms with Crippen molar-refractivity contribution in [2.24, 2.45) is 5.92 Å². The van der Waals surface area contributed by atoms with Gasteiger partial charge in [-0.3, -0.25) is 9.59 Å². The minimum Gasteiger partial charge on any atom is -0.481 e. The lowest BCUT2D eigenvalue weighted by molar-refractivity contribution is -0.143. The van der Waals surface area contributed by atoms with Crippen molar-refractivity contribution in [2.75, 3.05) is 6.61 Å². The summed E-state index contributed by atoms with van der Waals surface area (Å²) in [5.74, 6) is -2.47. The summed E-state index contributed by atoms with van der Waals surface area (Å²) in [7, 11) is 0. The van der Waals surface area contributed by atoms with Gasteiger partial charge in [0.25, 0.3) is 0 Å². The fraction of sp³-hybridized carbons (Fsp3) is 0.750. The van der Waals surface area contributed by atoms with Crippen LogP contribution >= 0.6 is 0 Å². The fourth-order valence-corrected chi connectivity index (χ4v) is 1.16. The second-order valence-corrected chi connectivity index (χ2v) is 3.16. The third kappa shape index (κ3) is 3.89. The van der Waals surface area contributed by atoms with Crippen LogP contribution in [0.1, 0.15) is 19.3 Å². The maximum atomic E-state index is 10.6. The van der Waals surface area contributed by atoms with Crippen LogP contribution in [0.15, 0.2) is 0 Å². The average Bonchev–Trinajstić information content (AvgIpc) is 2.80. The molecule has 74 valence electrons. The molecule has 13 heavy (non-hydrogen) atoms. The normalized spacial score (nSPS) is 22.3. The molecule has 0 radical (unpaired) electrons. The van der Waals surface area contributed by atoms with Gasteiger partial charge >= 0.3 is 11.9 Å². The van der Waals surface area contributed by atoms with Crippen LogP contribution in [-0.2, 0) is 14.3 Å². The molecule has 0 aromatic rings.